The van der Waals surface area contributed by atoms with Crippen LogP contribution in [0.25, 0.3) is 0 Å². The predicted molar refractivity (Wildman–Crippen MR) is 116 cm³/mol. The molecule has 0 spiro atoms. The maximum Gasteiger partial charge on any atom is 0.317 e. The minimum atomic E-state index is -0.791. The number of aryl methyl sites for hydroxylation is 1. The van der Waals surface area contributed by atoms with Crippen molar-refractivity contribution in [3.05, 3.63) is 47.0 Å². The molecule has 0 bridgehead atoms. The van der Waals surface area contributed by atoms with Crippen LogP contribution in [0.15, 0.2) is 30.3 Å². The highest BCUT2D eigenvalue weighted by Gasteiger charge is 2.43. The van der Waals surface area contributed by atoms with Gasteiger partial charge in [-0.2, -0.15) is 0 Å². The van der Waals surface area contributed by atoms with Gasteiger partial charge in [-0.15, -0.1) is 0 Å². The Morgan fingerprint density at radius 2 is 1.64 bits per heavy atom. The standard InChI is InChI=1S/C24H26O9/c1-13(25)32-17-8-7-15(12-18(17)28-2)22-21(24(27)31-5)16-10-14(6-9-20(26)30-4)11-19(29-3)23(16)33-22/h7-8,10-12,21-22H,6,9H2,1-5H3/t21-,22+/m1/s1. The van der Waals surface area contributed by atoms with E-state index in [1.165, 1.54) is 35.4 Å². The first-order valence-corrected chi connectivity index (χ1v) is 10.2. The largest absolute Gasteiger partial charge is 0.493 e. The molecule has 2 aromatic rings. The van der Waals surface area contributed by atoms with E-state index in [1.54, 1.807) is 24.3 Å². The van der Waals surface area contributed by atoms with Gasteiger partial charge in [0.2, 0.25) is 0 Å². The molecule has 1 aliphatic rings. The normalized spacial score (nSPS) is 16.3. The molecule has 9 nitrogen and oxygen atoms in total. The van der Waals surface area contributed by atoms with Crippen LogP contribution in [0.3, 0.4) is 0 Å². The Morgan fingerprint density at radius 3 is 2.24 bits per heavy atom. The first-order chi connectivity index (χ1) is 15.8. The summed E-state index contributed by atoms with van der Waals surface area (Å²) in [6.07, 6.45) is -0.155. The third-order valence-electron chi connectivity index (χ3n) is 5.32. The molecule has 9 heteroatoms. The molecular weight excluding hydrogens is 432 g/mol. The third-order valence-corrected chi connectivity index (χ3v) is 5.32. The van der Waals surface area contributed by atoms with Gasteiger partial charge in [-0.1, -0.05) is 12.1 Å². The number of methoxy groups -OCH3 is 4. The second kappa shape index (κ2) is 10.2. The molecule has 0 radical (unpaired) electrons. The molecule has 33 heavy (non-hydrogen) atoms. The van der Waals surface area contributed by atoms with Crippen molar-refractivity contribution >= 4 is 17.9 Å². The van der Waals surface area contributed by atoms with Crippen LogP contribution in [-0.4, -0.2) is 46.3 Å². The number of hydrogen-bond donors (Lipinski definition) is 0. The fourth-order valence-electron chi connectivity index (χ4n) is 3.78. The van der Waals surface area contributed by atoms with E-state index in [1.807, 2.05) is 6.07 Å². The van der Waals surface area contributed by atoms with Crippen molar-refractivity contribution < 1.29 is 42.8 Å². The van der Waals surface area contributed by atoms with Gasteiger partial charge in [0.1, 0.15) is 12.0 Å². The summed E-state index contributed by atoms with van der Waals surface area (Å²) in [6, 6.07) is 8.50. The van der Waals surface area contributed by atoms with E-state index in [0.29, 0.717) is 34.8 Å². The highest BCUT2D eigenvalue weighted by atomic mass is 16.6. The quantitative estimate of drug-likeness (QED) is 0.436. The molecule has 0 aliphatic carbocycles. The molecule has 1 aliphatic heterocycles. The minimum absolute atomic E-state index is 0.181. The number of carbonyl (C=O) groups is 3. The summed E-state index contributed by atoms with van der Waals surface area (Å²) < 4.78 is 32.0. The summed E-state index contributed by atoms with van der Waals surface area (Å²) in [5.41, 5.74) is 2.00. The van der Waals surface area contributed by atoms with E-state index in [4.69, 9.17) is 28.4 Å². The molecule has 0 unspecified atom stereocenters. The van der Waals surface area contributed by atoms with Gasteiger partial charge in [-0.25, -0.2) is 0 Å². The van der Waals surface area contributed by atoms with Crippen molar-refractivity contribution in [3.63, 3.8) is 0 Å². The molecule has 0 amide bonds. The SMILES string of the molecule is COC(=O)CCc1cc(OC)c2c(c1)[C@@H](C(=O)OC)[C@H](c1ccc(OC(C)=O)c(OC)c1)O2. The Kier molecular flexibility index (Phi) is 7.42. The summed E-state index contributed by atoms with van der Waals surface area (Å²) >= 11 is 0. The highest BCUT2D eigenvalue weighted by molar-refractivity contribution is 5.82. The molecule has 0 N–H and O–H groups in total. The first-order valence-electron chi connectivity index (χ1n) is 10.2. The number of hydrogen-bond acceptors (Lipinski definition) is 9. The summed E-state index contributed by atoms with van der Waals surface area (Å²) in [6.45, 7) is 1.29. The number of esters is 3. The average Bonchev–Trinajstić information content (AvgIpc) is 3.20. The maximum atomic E-state index is 12.8. The van der Waals surface area contributed by atoms with Crippen molar-refractivity contribution in [3.8, 4) is 23.0 Å². The van der Waals surface area contributed by atoms with E-state index in [2.05, 4.69) is 0 Å². The number of ether oxygens (including phenoxy) is 6. The Morgan fingerprint density at radius 1 is 0.909 bits per heavy atom. The molecule has 176 valence electrons. The average molecular weight is 458 g/mol. The zero-order valence-electron chi connectivity index (χ0n) is 19.1. The molecule has 2 atom stereocenters. The Bertz CT molecular complexity index is 1060. The van der Waals surface area contributed by atoms with Crippen LogP contribution in [-0.2, 0) is 30.3 Å². The fraction of sp³-hybridized carbons (Fsp3) is 0.375. The van der Waals surface area contributed by atoms with E-state index >= 15 is 0 Å². The van der Waals surface area contributed by atoms with Crippen LogP contribution >= 0.6 is 0 Å². The lowest BCUT2D eigenvalue weighted by molar-refractivity contribution is -0.144. The lowest BCUT2D eigenvalue weighted by Crippen LogP contribution is -2.20. The number of rotatable bonds is 8. The van der Waals surface area contributed by atoms with E-state index < -0.39 is 24.0 Å². The molecule has 1 heterocycles. The summed E-state index contributed by atoms with van der Waals surface area (Å²) in [5.74, 6) is -0.682. The second-order valence-electron chi connectivity index (χ2n) is 7.34. The van der Waals surface area contributed by atoms with Gasteiger partial charge in [-0.3, -0.25) is 14.4 Å². The monoisotopic (exact) mass is 458 g/mol. The van der Waals surface area contributed by atoms with Gasteiger partial charge in [0.25, 0.3) is 0 Å². The van der Waals surface area contributed by atoms with Crippen molar-refractivity contribution in [2.24, 2.45) is 0 Å². The van der Waals surface area contributed by atoms with Crippen LogP contribution in [0.1, 0.15) is 42.1 Å². The summed E-state index contributed by atoms with van der Waals surface area (Å²) in [7, 11) is 5.59. The van der Waals surface area contributed by atoms with Gasteiger partial charge in [-0.05, 0) is 35.7 Å². The zero-order valence-corrected chi connectivity index (χ0v) is 19.1. The van der Waals surface area contributed by atoms with Gasteiger partial charge in [0.05, 0.1) is 28.4 Å². The van der Waals surface area contributed by atoms with Gasteiger partial charge < -0.3 is 28.4 Å². The smallest absolute Gasteiger partial charge is 0.317 e. The first kappa shape index (κ1) is 23.9. The van der Waals surface area contributed by atoms with Crippen molar-refractivity contribution in [2.75, 3.05) is 28.4 Å². The Balaban J connectivity index is 2.04. The summed E-state index contributed by atoms with van der Waals surface area (Å²) in [5, 5.41) is 0. The molecular formula is C24H26O9. The van der Waals surface area contributed by atoms with Crippen molar-refractivity contribution in [2.45, 2.75) is 31.8 Å². The number of carbonyl (C=O) groups excluding carboxylic acids is 3. The molecule has 0 saturated heterocycles. The maximum absolute atomic E-state index is 12.8. The van der Waals surface area contributed by atoms with Crippen molar-refractivity contribution in [1.29, 1.82) is 0 Å². The van der Waals surface area contributed by atoms with Crippen LogP contribution < -0.4 is 18.9 Å². The van der Waals surface area contributed by atoms with Crippen LogP contribution in [0.4, 0.5) is 0 Å². The van der Waals surface area contributed by atoms with Crippen LogP contribution in [0.2, 0.25) is 0 Å². The molecule has 3 rings (SSSR count). The van der Waals surface area contributed by atoms with E-state index in [9.17, 15) is 14.4 Å². The Labute approximate surface area is 191 Å². The van der Waals surface area contributed by atoms with Gasteiger partial charge >= 0.3 is 17.9 Å². The molecule has 0 fully saturated rings. The topological polar surface area (TPSA) is 107 Å². The lowest BCUT2D eigenvalue weighted by Gasteiger charge is -2.19. The third kappa shape index (κ3) is 5.02. The van der Waals surface area contributed by atoms with Crippen molar-refractivity contribution in [1.82, 2.24) is 0 Å². The molecule has 2 aromatic carbocycles. The highest BCUT2D eigenvalue weighted by Crippen LogP contribution is 2.52. The Hall–Kier alpha value is -3.75. The van der Waals surface area contributed by atoms with Gasteiger partial charge in [0, 0.05) is 18.9 Å². The van der Waals surface area contributed by atoms with Crippen LogP contribution in [0.5, 0.6) is 23.0 Å². The van der Waals surface area contributed by atoms with E-state index in [-0.39, 0.29) is 18.1 Å². The molecule has 0 aromatic heterocycles. The second-order valence-corrected chi connectivity index (χ2v) is 7.34. The fourth-order valence-corrected chi connectivity index (χ4v) is 3.78. The predicted octanol–water partition coefficient (Wildman–Crippen LogP) is 3.13. The van der Waals surface area contributed by atoms with E-state index in [0.717, 1.165) is 5.56 Å². The van der Waals surface area contributed by atoms with Gasteiger partial charge in [0.15, 0.2) is 23.0 Å². The van der Waals surface area contributed by atoms with Crippen LogP contribution in [0, 0.1) is 0 Å². The zero-order chi connectivity index (χ0) is 24.1. The minimum Gasteiger partial charge on any atom is -0.493 e. The lowest BCUT2D eigenvalue weighted by atomic mass is 9.89. The number of benzene rings is 2. The number of fused-ring (bicyclic) bond motifs is 1. The molecule has 0 saturated carbocycles. The summed E-state index contributed by atoms with van der Waals surface area (Å²) in [4.78, 5) is 35.8.